The molecule has 1 aliphatic rings. The minimum Gasteiger partial charge on any atom is -0.490 e. The molecule has 3 heteroatoms. The van der Waals surface area contributed by atoms with E-state index >= 15 is 0 Å². The molecule has 1 aliphatic carbocycles. The summed E-state index contributed by atoms with van der Waals surface area (Å²) in [6.45, 7) is 0.120. The second-order valence-corrected chi connectivity index (χ2v) is 4.72. The average molecular weight is 235 g/mol. The predicted molar refractivity (Wildman–Crippen MR) is 68.0 cm³/mol. The van der Waals surface area contributed by atoms with Crippen LogP contribution in [-0.2, 0) is 0 Å². The maximum Gasteiger partial charge on any atom is 0.120 e. The number of aliphatic hydroxyl groups is 1. The molecule has 1 atom stereocenters. The maximum atomic E-state index is 8.89. The monoisotopic (exact) mass is 235 g/mol. The van der Waals surface area contributed by atoms with E-state index in [4.69, 9.17) is 15.6 Å². The van der Waals surface area contributed by atoms with Crippen LogP contribution in [0.25, 0.3) is 0 Å². The fourth-order valence-corrected chi connectivity index (χ4v) is 2.32. The van der Waals surface area contributed by atoms with Gasteiger partial charge in [-0.05, 0) is 49.8 Å². The van der Waals surface area contributed by atoms with E-state index in [2.05, 4.69) is 0 Å². The Hall–Kier alpha value is -1.06. The Bertz CT molecular complexity index is 348. The van der Waals surface area contributed by atoms with Crippen LogP contribution in [0, 0.1) is 0 Å². The Morgan fingerprint density at radius 2 is 2.12 bits per heavy atom. The molecular formula is C14H21NO2. The van der Waals surface area contributed by atoms with Crippen LogP contribution in [0.5, 0.6) is 5.75 Å². The highest BCUT2D eigenvalue weighted by Gasteiger charge is 2.16. The first-order valence-electron chi connectivity index (χ1n) is 6.42. The molecule has 0 heterocycles. The second-order valence-electron chi connectivity index (χ2n) is 4.72. The SMILES string of the molecule is N[C@H](CCO)c1cccc(OC2CCCC2)c1. The van der Waals surface area contributed by atoms with Gasteiger partial charge in [0.25, 0.3) is 0 Å². The molecule has 1 aromatic rings. The number of rotatable bonds is 5. The van der Waals surface area contributed by atoms with Crippen molar-refractivity contribution in [3.63, 3.8) is 0 Å². The zero-order chi connectivity index (χ0) is 12.1. The van der Waals surface area contributed by atoms with E-state index in [1.165, 1.54) is 12.8 Å². The van der Waals surface area contributed by atoms with Gasteiger partial charge < -0.3 is 15.6 Å². The number of hydrogen-bond donors (Lipinski definition) is 2. The summed E-state index contributed by atoms with van der Waals surface area (Å²) in [6.07, 6.45) is 5.83. The lowest BCUT2D eigenvalue weighted by molar-refractivity contribution is 0.209. The Balaban J connectivity index is 2.00. The van der Waals surface area contributed by atoms with Gasteiger partial charge in [-0.2, -0.15) is 0 Å². The quantitative estimate of drug-likeness (QED) is 0.824. The van der Waals surface area contributed by atoms with Crippen molar-refractivity contribution in [3.05, 3.63) is 29.8 Å². The maximum absolute atomic E-state index is 8.89. The average Bonchev–Trinajstić information content (AvgIpc) is 2.82. The summed E-state index contributed by atoms with van der Waals surface area (Å²) in [6, 6.07) is 7.83. The standard InChI is InChI=1S/C14H21NO2/c15-14(8-9-16)11-4-3-7-13(10-11)17-12-5-1-2-6-12/h3-4,7,10,12,14,16H,1-2,5-6,8-9,15H2/t14-/m1/s1. The molecule has 0 aliphatic heterocycles. The highest BCUT2D eigenvalue weighted by atomic mass is 16.5. The summed E-state index contributed by atoms with van der Waals surface area (Å²) in [5, 5.41) is 8.89. The summed E-state index contributed by atoms with van der Waals surface area (Å²) in [4.78, 5) is 0. The summed E-state index contributed by atoms with van der Waals surface area (Å²) in [5.74, 6) is 0.905. The highest BCUT2D eigenvalue weighted by molar-refractivity contribution is 5.30. The van der Waals surface area contributed by atoms with E-state index in [-0.39, 0.29) is 12.6 Å². The molecule has 2 rings (SSSR count). The molecule has 1 saturated carbocycles. The molecule has 3 nitrogen and oxygen atoms in total. The van der Waals surface area contributed by atoms with Gasteiger partial charge in [0.2, 0.25) is 0 Å². The Labute approximate surface area is 103 Å². The number of aliphatic hydroxyl groups excluding tert-OH is 1. The predicted octanol–water partition coefficient (Wildman–Crippen LogP) is 2.39. The Morgan fingerprint density at radius 3 is 2.82 bits per heavy atom. The van der Waals surface area contributed by atoms with E-state index < -0.39 is 0 Å². The summed E-state index contributed by atoms with van der Waals surface area (Å²) in [5.41, 5.74) is 7.00. The molecule has 0 saturated heterocycles. The molecule has 0 amide bonds. The van der Waals surface area contributed by atoms with E-state index in [0.29, 0.717) is 12.5 Å². The molecule has 0 radical (unpaired) electrons. The molecule has 0 bridgehead atoms. The van der Waals surface area contributed by atoms with Gasteiger partial charge in [-0.3, -0.25) is 0 Å². The largest absolute Gasteiger partial charge is 0.490 e. The van der Waals surface area contributed by atoms with Gasteiger partial charge in [-0.15, -0.1) is 0 Å². The van der Waals surface area contributed by atoms with Gasteiger partial charge in [-0.25, -0.2) is 0 Å². The molecule has 0 aromatic heterocycles. The Kier molecular flexibility index (Phi) is 4.40. The zero-order valence-electron chi connectivity index (χ0n) is 10.1. The summed E-state index contributed by atoms with van der Waals surface area (Å²) in [7, 11) is 0. The smallest absolute Gasteiger partial charge is 0.120 e. The third kappa shape index (κ3) is 3.45. The van der Waals surface area contributed by atoms with E-state index in [1.807, 2.05) is 24.3 Å². The van der Waals surface area contributed by atoms with Crippen molar-refractivity contribution in [3.8, 4) is 5.75 Å². The van der Waals surface area contributed by atoms with Crippen LogP contribution in [0.3, 0.4) is 0 Å². The van der Waals surface area contributed by atoms with Gasteiger partial charge in [0.05, 0.1) is 6.10 Å². The van der Waals surface area contributed by atoms with E-state index in [1.54, 1.807) is 0 Å². The van der Waals surface area contributed by atoms with Crippen LogP contribution >= 0.6 is 0 Å². The third-order valence-electron chi connectivity index (χ3n) is 3.33. The fraction of sp³-hybridized carbons (Fsp3) is 0.571. The topological polar surface area (TPSA) is 55.5 Å². The number of hydrogen-bond acceptors (Lipinski definition) is 3. The van der Waals surface area contributed by atoms with Crippen molar-refractivity contribution in [2.75, 3.05) is 6.61 Å². The molecule has 0 unspecified atom stereocenters. The van der Waals surface area contributed by atoms with Crippen molar-refractivity contribution >= 4 is 0 Å². The molecular weight excluding hydrogens is 214 g/mol. The van der Waals surface area contributed by atoms with Crippen molar-refractivity contribution < 1.29 is 9.84 Å². The van der Waals surface area contributed by atoms with Gasteiger partial charge in [0.1, 0.15) is 5.75 Å². The van der Waals surface area contributed by atoms with Gasteiger partial charge >= 0.3 is 0 Å². The first-order valence-corrected chi connectivity index (χ1v) is 6.42. The first-order chi connectivity index (χ1) is 8.29. The molecule has 1 aromatic carbocycles. The third-order valence-corrected chi connectivity index (χ3v) is 3.33. The minimum absolute atomic E-state index is 0.105. The summed E-state index contributed by atoms with van der Waals surface area (Å²) >= 11 is 0. The highest BCUT2D eigenvalue weighted by Crippen LogP contribution is 2.26. The minimum atomic E-state index is -0.105. The second kappa shape index (κ2) is 6.03. The van der Waals surface area contributed by atoms with Crippen LogP contribution in [-0.4, -0.2) is 17.8 Å². The Morgan fingerprint density at radius 1 is 1.35 bits per heavy atom. The number of nitrogens with two attached hydrogens (primary N) is 1. The number of ether oxygens (including phenoxy) is 1. The van der Waals surface area contributed by atoms with Crippen molar-refractivity contribution in [1.82, 2.24) is 0 Å². The zero-order valence-corrected chi connectivity index (χ0v) is 10.1. The molecule has 0 spiro atoms. The van der Waals surface area contributed by atoms with Gasteiger partial charge in [-0.1, -0.05) is 12.1 Å². The molecule has 94 valence electrons. The van der Waals surface area contributed by atoms with Crippen LogP contribution in [0.4, 0.5) is 0 Å². The lowest BCUT2D eigenvalue weighted by Crippen LogP contribution is -2.14. The van der Waals surface area contributed by atoms with Crippen molar-refractivity contribution in [1.29, 1.82) is 0 Å². The van der Waals surface area contributed by atoms with E-state index in [0.717, 1.165) is 24.2 Å². The normalized spacial score (nSPS) is 18.2. The van der Waals surface area contributed by atoms with Gasteiger partial charge in [0, 0.05) is 12.6 Å². The fourth-order valence-electron chi connectivity index (χ4n) is 2.32. The lowest BCUT2D eigenvalue weighted by atomic mass is 10.1. The first kappa shape index (κ1) is 12.4. The van der Waals surface area contributed by atoms with Crippen molar-refractivity contribution in [2.45, 2.75) is 44.2 Å². The number of benzene rings is 1. The van der Waals surface area contributed by atoms with Crippen molar-refractivity contribution in [2.24, 2.45) is 5.73 Å². The van der Waals surface area contributed by atoms with Crippen LogP contribution in [0.1, 0.15) is 43.7 Å². The molecule has 17 heavy (non-hydrogen) atoms. The summed E-state index contributed by atoms with van der Waals surface area (Å²) < 4.78 is 5.93. The lowest BCUT2D eigenvalue weighted by Gasteiger charge is -2.16. The van der Waals surface area contributed by atoms with Crippen LogP contribution in [0.2, 0.25) is 0 Å². The van der Waals surface area contributed by atoms with E-state index in [9.17, 15) is 0 Å². The van der Waals surface area contributed by atoms with Crippen LogP contribution in [0.15, 0.2) is 24.3 Å². The van der Waals surface area contributed by atoms with Gasteiger partial charge in [0.15, 0.2) is 0 Å². The molecule has 3 N–H and O–H groups in total. The molecule has 1 fully saturated rings. The van der Waals surface area contributed by atoms with Crippen LogP contribution < -0.4 is 10.5 Å².